The Labute approximate surface area is 122 Å². The maximum Gasteiger partial charge on any atom is 0.255 e. The first-order chi connectivity index (χ1) is 10.0. The third-order valence-electron chi connectivity index (χ3n) is 3.06. The molecule has 1 amide bonds. The van der Waals surface area contributed by atoms with Gasteiger partial charge in [-0.2, -0.15) is 0 Å². The third kappa shape index (κ3) is 3.31. The molecule has 0 unspecified atom stereocenters. The van der Waals surface area contributed by atoms with Gasteiger partial charge in [-0.3, -0.25) is 4.79 Å². The summed E-state index contributed by atoms with van der Waals surface area (Å²) >= 11 is 0. The van der Waals surface area contributed by atoms with Crippen LogP contribution in [-0.4, -0.2) is 20.1 Å². The first-order valence-corrected chi connectivity index (χ1v) is 6.34. The van der Waals surface area contributed by atoms with Crippen molar-refractivity contribution in [3.05, 3.63) is 53.3 Å². The number of ether oxygens (including phenoxy) is 2. The van der Waals surface area contributed by atoms with Gasteiger partial charge in [0.2, 0.25) is 0 Å². The van der Waals surface area contributed by atoms with Gasteiger partial charge < -0.3 is 14.8 Å². The molecule has 0 fully saturated rings. The Bertz CT molecular complexity index is 671. The molecule has 2 rings (SSSR count). The smallest absolute Gasteiger partial charge is 0.255 e. The van der Waals surface area contributed by atoms with Crippen molar-refractivity contribution in [3.8, 4) is 11.5 Å². The van der Waals surface area contributed by atoms with Gasteiger partial charge in [0.05, 0.1) is 14.2 Å². The largest absolute Gasteiger partial charge is 0.493 e. The highest BCUT2D eigenvalue weighted by Crippen LogP contribution is 2.28. The standard InChI is InChI=1S/C16H16FNO3/c1-10-8-12(5-6-13(10)17)18-16(19)11-4-7-14(20-2)15(9-11)21-3/h4-9H,1-3H3,(H,18,19). The second kappa shape index (κ2) is 6.26. The molecule has 0 bridgehead atoms. The monoisotopic (exact) mass is 289 g/mol. The molecular formula is C16H16FNO3. The highest BCUT2D eigenvalue weighted by molar-refractivity contribution is 6.04. The van der Waals surface area contributed by atoms with Crippen LogP contribution in [0.15, 0.2) is 36.4 Å². The van der Waals surface area contributed by atoms with Gasteiger partial charge in [0, 0.05) is 11.3 Å². The Morgan fingerprint density at radius 2 is 1.76 bits per heavy atom. The Balaban J connectivity index is 2.21. The van der Waals surface area contributed by atoms with Crippen LogP contribution in [0.1, 0.15) is 15.9 Å². The molecule has 110 valence electrons. The van der Waals surface area contributed by atoms with Crippen molar-refractivity contribution in [3.63, 3.8) is 0 Å². The summed E-state index contributed by atoms with van der Waals surface area (Å²) in [4.78, 5) is 12.2. The molecule has 21 heavy (non-hydrogen) atoms. The summed E-state index contributed by atoms with van der Waals surface area (Å²) in [6, 6.07) is 9.29. The van der Waals surface area contributed by atoms with E-state index in [4.69, 9.17) is 9.47 Å². The van der Waals surface area contributed by atoms with E-state index in [1.54, 1.807) is 31.2 Å². The van der Waals surface area contributed by atoms with Gasteiger partial charge in [-0.05, 0) is 48.9 Å². The number of carbonyl (C=O) groups excluding carboxylic acids is 1. The van der Waals surface area contributed by atoms with Crippen LogP contribution in [0.5, 0.6) is 11.5 Å². The second-order valence-corrected chi connectivity index (χ2v) is 4.49. The maximum atomic E-state index is 13.2. The Hall–Kier alpha value is -2.56. The number of carbonyl (C=O) groups is 1. The summed E-state index contributed by atoms with van der Waals surface area (Å²) in [5.41, 5.74) is 1.43. The van der Waals surface area contributed by atoms with E-state index < -0.39 is 0 Å². The second-order valence-electron chi connectivity index (χ2n) is 4.49. The van der Waals surface area contributed by atoms with E-state index in [0.29, 0.717) is 28.3 Å². The fourth-order valence-corrected chi connectivity index (χ4v) is 1.90. The Morgan fingerprint density at radius 1 is 1.05 bits per heavy atom. The lowest BCUT2D eigenvalue weighted by molar-refractivity contribution is 0.102. The van der Waals surface area contributed by atoms with Crippen LogP contribution >= 0.6 is 0 Å². The molecule has 4 nitrogen and oxygen atoms in total. The predicted molar refractivity (Wildman–Crippen MR) is 78.6 cm³/mol. The number of hydrogen-bond acceptors (Lipinski definition) is 3. The molecule has 0 aromatic heterocycles. The summed E-state index contributed by atoms with van der Waals surface area (Å²) in [7, 11) is 3.03. The molecule has 5 heteroatoms. The molecule has 0 aliphatic carbocycles. The Morgan fingerprint density at radius 3 is 2.38 bits per heavy atom. The topological polar surface area (TPSA) is 47.6 Å². The number of halogens is 1. The first kappa shape index (κ1) is 14.8. The molecule has 0 saturated heterocycles. The van der Waals surface area contributed by atoms with Crippen LogP contribution in [0, 0.1) is 12.7 Å². The number of rotatable bonds is 4. The lowest BCUT2D eigenvalue weighted by Crippen LogP contribution is -2.12. The zero-order chi connectivity index (χ0) is 15.4. The average Bonchev–Trinajstić information content (AvgIpc) is 2.50. The minimum absolute atomic E-state index is 0.304. The summed E-state index contributed by atoms with van der Waals surface area (Å²) < 4.78 is 23.5. The van der Waals surface area contributed by atoms with Gasteiger partial charge >= 0.3 is 0 Å². The lowest BCUT2D eigenvalue weighted by Gasteiger charge is -2.10. The van der Waals surface area contributed by atoms with Crippen molar-refractivity contribution in [2.45, 2.75) is 6.92 Å². The number of benzene rings is 2. The molecule has 0 heterocycles. The number of nitrogens with one attached hydrogen (secondary N) is 1. The number of aryl methyl sites for hydroxylation is 1. The van der Waals surface area contributed by atoms with E-state index >= 15 is 0 Å². The number of hydrogen-bond donors (Lipinski definition) is 1. The molecule has 0 aliphatic rings. The molecule has 0 spiro atoms. The van der Waals surface area contributed by atoms with E-state index in [1.807, 2.05) is 0 Å². The molecule has 0 aliphatic heterocycles. The lowest BCUT2D eigenvalue weighted by atomic mass is 10.1. The van der Waals surface area contributed by atoms with Crippen molar-refractivity contribution in [2.24, 2.45) is 0 Å². The van der Waals surface area contributed by atoms with Gasteiger partial charge in [0.25, 0.3) is 5.91 Å². The van der Waals surface area contributed by atoms with E-state index in [0.717, 1.165) is 0 Å². The van der Waals surface area contributed by atoms with Crippen LogP contribution in [0.2, 0.25) is 0 Å². The van der Waals surface area contributed by atoms with Crippen LogP contribution in [-0.2, 0) is 0 Å². The fraction of sp³-hybridized carbons (Fsp3) is 0.188. The number of methoxy groups -OCH3 is 2. The average molecular weight is 289 g/mol. The quantitative estimate of drug-likeness (QED) is 0.938. The zero-order valence-electron chi connectivity index (χ0n) is 12.1. The number of anilines is 1. The van der Waals surface area contributed by atoms with Crippen molar-refractivity contribution in [2.75, 3.05) is 19.5 Å². The minimum Gasteiger partial charge on any atom is -0.493 e. The van der Waals surface area contributed by atoms with Crippen molar-refractivity contribution >= 4 is 11.6 Å². The van der Waals surface area contributed by atoms with Gasteiger partial charge in [-0.1, -0.05) is 0 Å². The van der Waals surface area contributed by atoms with Crippen molar-refractivity contribution < 1.29 is 18.7 Å². The van der Waals surface area contributed by atoms with Gasteiger partial charge in [0.15, 0.2) is 11.5 Å². The predicted octanol–water partition coefficient (Wildman–Crippen LogP) is 3.40. The number of amides is 1. The third-order valence-corrected chi connectivity index (χ3v) is 3.06. The summed E-state index contributed by atoms with van der Waals surface area (Å²) in [5, 5.41) is 2.71. The van der Waals surface area contributed by atoms with E-state index in [2.05, 4.69) is 5.32 Å². The van der Waals surface area contributed by atoms with Crippen LogP contribution in [0.4, 0.5) is 10.1 Å². The zero-order valence-corrected chi connectivity index (χ0v) is 12.1. The highest BCUT2D eigenvalue weighted by atomic mass is 19.1. The van der Waals surface area contributed by atoms with E-state index in [9.17, 15) is 9.18 Å². The minimum atomic E-state index is -0.306. The van der Waals surface area contributed by atoms with Gasteiger partial charge in [-0.25, -0.2) is 4.39 Å². The van der Waals surface area contributed by atoms with E-state index in [1.165, 1.54) is 26.4 Å². The molecule has 1 N–H and O–H groups in total. The van der Waals surface area contributed by atoms with Crippen molar-refractivity contribution in [1.82, 2.24) is 0 Å². The maximum absolute atomic E-state index is 13.2. The molecule has 0 atom stereocenters. The molecular weight excluding hydrogens is 273 g/mol. The van der Waals surface area contributed by atoms with Crippen LogP contribution in [0.3, 0.4) is 0 Å². The summed E-state index contributed by atoms with van der Waals surface area (Å²) in [6.45, 7) is 1.64. The van der Waals surface area contributed by atoms with E-state index in [-0.39, 0.29) is 11.7 Å². The van der Waals surface area contributed by atoms with Crippen LogP contribution < -0.4 is 14.8 Å². The van der Waals surface area contributed by atoms with Crippen LogP contribution in [0.25, 0.3) is 0 Å². The Kier molecular flexibility index (Phi) is 4.42. The molecule has 0 saturated carbocycles. The molecule has 2 aromatic rings. The fourth-order valence-electron chi connectivity index (χ4n) is 1.90. The normalized spacial score (nSPS) is 10.1. The summed E-state index contributed by atoms with van der Waals surface area (Å²) in [6.07, 6.45) is 0. The molecule has 0 radical (unpaired) electrons. The van der Waals surface area contributed by atoms with Gasteiger partial charge in [0.1, 0.15) is 5.82 Å². The highest BCUT2D eigenvalue weighted by Gasteiger charge is 2.11. The van der Waals surface area contributed by atoms with Gasteiger partial charge in [-0.15, -0.1) is 0 Å². The molecule has 2 aromatic carbocycles. The summed E-state index contributed by atoms with van der Waals surface area (Å²) in [5.74, 6) is 0.410. The van der Waals surface area contributed by atoms with Crippen molar-refractivity contribution in [1.29, 1.82) is 0 Å². The first-order valence-electron chi connectivity index (χ1n) is 6.34. The SMILES string of the molecule is COc1ccc(C(=O)Nc2ccc(F)c(C)c2)cc1OC.